The Kier molecular flexibility index (Phi) is 4.11. The molecule has 1 unspecified atom stereocenters. The summed E-state index contributed by atoms with van der Waals surface area (Å²) in [5, 5.41) is 19.9. The summed E-state index contributed by atoms with van der Waals surface area (Å²) in [6, 6.07) is 5.34. The molecule has 1 aromatic heterocycles. The molecule has 0 aliphatic carbocycles. The minimum atomic E-state index is -0.410. The van der Waals surface area contributed by atoms with Crippen molar-refractivity contribution in [3.63, 3.8) is 0 Å². The van der Waals surface area contributed by atoms with E-state index in [1.54, 1.807) is 23.7 Å². The second kappa shape index (κ2) is 5.79. The molecule has 2 N–H and O–H groups in total. The zero-order chi connectivity index (χ0) is 13.8. The summed E-state index contributed by atoms with van der Waals surface area (Å²) in [6.45, 7) is 4.89. The van der Waals surface area contributed by atoms with Gasteiger partial charge in [-0.3, -0.25) is 4.79 Å². The Balaban J connectivity index is 2.10. The van der Waals surface area contributed by atoms with Gasteiger partial charge in [0.2, 0.25) is 0 Å². The summed E-state index contributed by atoms with van der Waals surface area (Å²) in [4.78, 5) is 11.9. The third-order valence-corrected chi connectivity index (χ3v) is 2.92. The fourth-order valence-electron chi connectivity index (χ4n) is 1.84. The molecule has 0 radical (unpaired) electrons. The fourth-order valence-corrected chi connectivity index (χ4v) is 1.84. The molecule has 1 aromatic carbocycles. The maximum absolute atomic E-state index is 11.9. The van der Waals surface area contributed by atoms with Crippen molar-refractivity contribution in [2.45, 2.75) is 32.9 Å². The zero-order valence-corrected chi connectivity index (χ0v) is 11.1. The third kappa shape index (κ3) is 3.08. The van der Waals surface area contributed by atoms with Gasteiger partial charge in [0.15, 0.2) is 0 Å². The molecular formula is C13H18N4O2. The van der Waals surface area contributed by atoms with E-state index >= 15 is 0 Å². The predicted octanol–water partition coefficient (Wildman–Crippen LogP) is 0.952. The van der Waals surface area contributed by atoms with Gasteiger partial charge in [-0.05, 0) is 38.5 Å². The number of aromatic nitrogens is 3. The Hall–Kier alpha value is -1.95. The highest BCUT2D eigenvalue weighted by molar-refractivity contribution is 5.97. The molecular weight excluding hydrogens is 244 g/mol. The largest absolute Gasteiger partial charge is 0.393 e. The molecule has 6 nitrogen and oxygen atoms in total. The molecule has 19 heavy (non-hydrogen) atoms. The second-order valence-corrected chi connectivity index (χ2v) is 4.50. The number of nitrogens with zero attached hydrogens (tertiary/aromatic N) is 3. The average Bonchev–Trinajstić information content (AvgIpc) is 2.80. The summed E-state index contributed by atoms with van der Waals surface area (Å²) >= 11 is 0. The van der Waals surface area contributed by atoms with Crippen molar-refractivity contribution in [2.75, 3.05) is 6.54 Å². The minimum absolute atomic E-state index is 0.159. The molecule has 0 saturated carbocycles. The van der Waals surface area contributed by atoms with Gasteiger partial charge in [-0.15, -0.1) is 5.10 Å². The van der Waals surface area contributed by atoms with Crippen LogP contribution in [0.25, 0.3) is 11.0 Å². The highest BCUT2D eigenvalue weighted by Gasteiger charge is 2.09. The molecule has 1 heterocycles. The van der Waals surface area contributed by atoms with Gasteiger partial charge in [0.05, 0.1) is 11.6 Å². The Morgan fingerprint density at radius 2 is 2.32 bits per heavy atom. The van der Waals surface area contributed by atoms with Crippen LogP contribution < -0.4 is 5.32 Å². The number of hydrogen-bond donors (Lipinski definition) is 2. The van der Waals surface area contributed by atoms with E-state index in [9.17, 15) is 4.79 Å². The third-order valence-electron chi connectivity index (χ3n) is 2.92. The number of hydrogen-bond acceptors (Lipinski definition) is 4. The van der Waals surface area contributed by atoms with Crippen LogP contribution in [0.4, 0.5) is 0 Å². The van der Waals surface area contributed by atoms with Gasteiger partial charge in [0.25, 0.3) is 5.91 Å². The SMILES string of the molecule is CCn1nnc2cc(C(=O)NCCC(C)O)ccc21. The van der Waals surface area contributed by atoms with Crippen LogP contribution in [0.3, 0.4) is 0 Å². The van der Waals surface area contributed by atoms with E-state index in [0.29, 0.717) is 24.0 Å². The molecule has 2 aromatic rings. The maximum atomic E-state index is 11.9. The summed E-state index contributed by atoms with van der Waals surface area (Å²) in [7, 11) is 0. The number of rotatable bonds is 5. The smallest absolute Gasteiger partial charge is 0.251 e. The van der Waals surface area contributed by atoms with Gasteiger partial charge in [0, 0.05) is 18.7 Å². The maximum Gasteiger partial charge on any atom is 0.251 e. The number of nitrogens with one attached hydrogen (secondary N) is 1. The molecule has 0 saturated heterocycles. The van der Waals surface area contributed by atoms with Crippen LogP contribution in [0.5, 0.6) is 0 Å². The van der Waals surface area contributed by atoms with E-state index in [0.717, 1.165) is 12.1 Å². The summed E-state index contributed by atoms with van der Waals surface area (Å²) < 4.78 is 1.78. The van der Waals surface area contributed by atoms with Crippen LogP contribution >= 0.6 is 0 Å². The fraction of sp³-hybridized carbons (Fsp3) is 0.462. The van der Waals surface area contributed by atoms with E-state index < -0.39 is 6.10 Å². The second-order valence-electron chi connectivity index (χ2n) is 4.50. The van der Waals surface area contributed by atoms with Crippen molar-refractivity contribution >= 4 is 16.9 Å². The zero-order valence-electron chi connectivity index (χ0n) is 11.1. The van der Waals surface area contributed by atoms with Crippen LogP contribution in [0.1, 0.15) is 30.6 Å². The quantitative estimate of drug-likeness (QED) is 0.840. The molecule has 6 heteroatoms. The van der Waals surface area contributed by atoms with Crippen LogP contribution in [-0.4, -0.2) is 38.7 Å². The molecule has 0 aliphatic heterocycles. The van der Waals surface area contributed by atoms with Crippen LogP contribution in [0.2, 0.25) is 0 Å². The van der Waals surface area contributed by atoms with Crippen molar-refractivity contribution < 1.29 is 9.90 Å². The first kappa shape index (κ1) is 13.5. The van der Waals surface area contributed by atoms with Gasteiger partial charge >= 0.3 is 0 Å². The number of amides is 1. The first-order valence-electron chi connectivity index (χ1n) is 6.41. The number of benzene rings is 1. The highest BCUT2D eigenvalue weighted by atomic mass is 16.3. The summed E-state index contributed by atoms with van der Waals surface area (Å²) in [5.74, 6) is -0.159. The Morgan fingerprint density at radius 1 is 1.53 bits per heavy atom. The van der Waals surface area contributed by atoms with Crippen LogP contribution in [0.15, 0.2) is 18.2 Å². The van der Waals surface area contributed by atoms with Crippen molar-refractivity contribution in [1.29, 1.82) is 0 Å². The minimum Gasteiger partial charge on any atom is -0.393 e. The summed E-state index contributed by atoms with van der Waals surface area (Å²) in [6.07, 6.45) is 0.132. The lowest BCUT2D eigenvalue weighted by Gasteiger charge is -2.06. The lowest BCUT2D eigenvalue weighted by molar-refractivity contribution is 0.0945. The Bertz CT molecular complexity index is 577. The van der Waals surface area contributed by atoms with E-state index in [4.69, 9.17) is 5.11 Å². The number of aliphatic hydroxyl groups is 1. The van der Waals surface area contributed by atoms with Crippen LogP contribution in [0, 0.1) is 0 Å². The number of fused-ring (bicyclic) bond motifs is 1. The first-order chi connectivity index (χ1) is 9.11. The number of carbonyl (C=O) groups is 1. The Morgan fingerprint density at radius 3 is 3.00 bits per heavy atom. The molecule has 2 rings (SSSR count). The van der Waals surface area contributed by atoms with E-state index in [-0.39, 0.29) is 5.91 Å². The number of aliphatic hydroxyl groups excluding tert-OH is 1. The van der Waals surface area contributed by atoms with Gasteiger partial charge in [-0.2, -0.15) is 0 Å². The van der Waals surface area contributed by atoms with Gasteiger partial charge < -0.3 is 10.4 Å². The van der Waals surface area contributed by atoms with E-state index in [2.05, 4.69) is 15.6 Å². The first-order valence-corrected chi connectivity index (χ1v) is 6.41. The normalized spacial score (nSPS) is 12.6. The molecule has 1 atom stereocenters. The molecule has 102 valence electrons. The monoisotopic (exact) mass is 262 g/mol. The van der Waals surface area contributed by atoms with E-state index in [1.165, 1.54) is 0 Å². The van der Waals surface area contributed by atoms with E-state index in [1.807, 2.05) is 13.0 Å². The molecule has 0 bridgehead atoms. The lowest BCUT2D eigenvalue weighted by atomic mass is 10.2. The van der Waals surface area contributed by atoms with Crippen LogP contribution in [-0.2, 0) is 6.54 Å². The number of aryl methyl sites for hydroxylation is 1. The highest BCUT2D eigenvalue weighted by Crippen LogP contribution is 2.13. The standard InChI is InChI=1S/C13H18N4O2/c1-3-17-12-5-4-10(8-11(12)15-16-17)13(19)14-7-6-9(2)18/h4-5,8-9,18H,3,6-7H2,1-2H3,(H,14,19). The topological polar surface area (TPSA) is 80.0 Å². The average molecular weight is 262 g/mol. The van der Waals surface area contributed by atoms with Crippen molar-refractivity contribution in [2.24, 2.45) is 0 Å². The van der Waals surface area contributed by atoms with Crippen molar-refractivity contribution in [1.82, 2.24) is 20.3 Å². The predicted molar refractivity (Wildman–Crippen MR) is 71.8 cm³/mol. The van der Waals surface area contributed by atoms with Crippen molar-refractivity contribution in [3.05, 3.63) is 23.8 Å². The molecule has 0 spiro atoms. The van der Waals surface area contributed by atoms with Gasteiger partial charge in [-0.1, -0.05) is 5.21 Å². The van der Waals surface area contributed by atoms with Crippen molar-refractivity contribution in [3.8, 4) is 0 Å². The Labute approximate surface area is 111 Å². The molecule has 0 fully saturated rings. The summed E-state index contributed by atoms with van der Waals surface area (Å²) in [5.41, 5.74) is 2.19. The van der Waals surface area contributed by atoms with Gasteiger partial charge in [-0.25, -0.2) is 4.68 Å². The lowest BCUT2D eigenvalue weighted by Crippen LogP contribution is -2.26. The number of carbonyl (C=O) groups excluding carboxylic acids is 1. The molecule has 1 amide bonds. The van der Waals surface area contributed by atoms with Gasteiger partial charge in [0.1, 0.15) is 5.52 Å². The molecule has 0 aliphatic rings.